The molecule has 0 atom stereocenters. The molecule has 0 saturated heterocycles. The molecule has 0 bridgehead atoms. The van der Waals surface area contributed by atoms with Gasteiger partial charge < -0.3 is 14.7 Å². The second-order valence-electron chi connectivity index (χ2n) is 4.56. The highest BCUT2D eigenvalue weighted by atomic mass is 16.5. The van der Waals surface area contributed by atoms with Crippen molar-refractivity contribution in [2.45, 2.75) is 13.8 Å². The molecule has 0 spiro atoms. The van der Waals surface area contributed by atoms with Gasteiger partial charge in [0, 0.05) is 12.2 Å². The summed E-state index contributed by atoms with van der Waals surface area (Å²) in [5, 5.41) is 9.04. The van der Waals surface area contributed by atoms with E-state index in [1.807, 2.05) is 49.1 Å². The molecule has 0 radical (unpaired) electrons. The second-order valence-corrected chi connectivity index (χ2v) is 4.56. The first kappa shape index (κ1) is 14.5. The van der Waals surface area contributed by atoms with Crippen molar-refractivity contribution >= 4 is 11.7 Å². The molecule has 0 fully saturated rings. The monoisotopic (exact) mass is 251 g/mol. The van der Waals surface area contributed by atoms with Gasteiger partial charge in [0.05, 0.1) is 13.2 Å². The third-order valence-corrected chi connectivity index (χ3v) is 2.39. The van der Waals surface area contributed by atoms with Crippen LogP contribution >= 0.6 is 0 Å². The van der Waals surface area contributed by atoms with E-state index < -0.39 is 0 Å². The van der Waals surface area contributed by atoms with E-state index in [-0.39, 0.29) is 19.1 Å². The van der Waals surface area contributed by atoms with Crippen molar-refractivity contribution in [1.29, 1.82) is 0 Å². The number of hydrogen-bond acceptors (Lipinski definition) is 4. The average molecular weight is 251 g/mol. The predicted octanol–water partition coefficient (Wildman–Crippen LogP) is 1.68. The lowest BCUT2D eigenvalue weighted by Crippen LogP contribution is -2.33. The second kappa shape index (κ2) is 7.71. The third-order valence-electron chi connectivity index (χ3n) is 2.39. The van der Waals surface area contributed by atoms with Crippen molar-refractivity contribution in [3.63, 3.8) is 0 Å². The van der Waals surface area contributed by atoms with Crippen molar-refractivity contribution in [2.75, 3.05) is 31.2 Å². The van der Waals surface area contributed by atoms with Gasteiger partial charge in [0.15, 0.2) is 0 Å². The molecule has 0 aliphatic carbocycles. The Balaban J connectivity index is 2.55. The molecular weight excluding hydrogens is 230 g/mol. The fraction of sp³-hybridized carbons (Fsp3) is 0.500. The summed E-state index contributed by atoms with van der Waals surface area (Å²) in [7, 11) is 0. The maximum atomic E-state index is 11.7. The molecule has 0 heterocycles. The summed E-state index contributed by atoms with van der Waals surface area (Å²) in [6.07, 6.45) is 0. The third kappa shape index (κ3) is 5.19. The summed E-state index contributed by atoms with van der Waals surface area (Å²) in [6, 6.07) is 9.53. The van der Waals surface area contributed by atoms with E-state index in [1.54, 1.807) is 0 Å². The van der Waals surface area contributed by atoms with Gasteiger partial charge in [0.25, 0.3) is 0 Å². The number of benzene rings is 1. The van der Waals surface area contributed by atoms with Crippen molar-refractivity contribution in [1.82, 2.24) is 0 Å². The molecule has 1 aromatic carbocycles. The Morgan fingerprint density at radius 3 is 2.56 bits per heavy atom. The number of carbonyl (C=O) groups excluding carboxylic acids is 1. The Kier molecular flexibility index (Phi) is 6.22. The topological polar surface area (TPSA) is 49.8 Å². The quantitative estimate of drug-likeness (QED) is 0.749. The lowest BCUT2D eigenvalue weighted by Gasteiger charge is -2.23. The molecule has 100 valence electrons. The minimum atomic E-state index is -0.263. The maximum absolute atomic E-state index is 11.7. The fourth-order valence-corrected chi connectivity index (χ4v) is 1.52. The fourth-order valence-electron chi connectivity index (χ4n) is 1.52. The lowest BCUT2D eigenvalue weighted by molar-refractivity contribution is -0.143. The molecule has 0 unspecified atom stereocenters. The number of esters is 1. The highest BCUT2D eigenvalue weighted by Crippen LogP contribution is 2.12. The highest BCUT2D eigenvalue weighted by molar-refractivity contribution is 5.75. The largest absolute Gasteiger partial charge is 0.464 e. The number of para-hydroxylation sites is 1. The van der Waals surface area contributed by atoms with Crippen LogP contribution in [0.2, 0.25) is 0 Å². The van der Waals surface area contributed by atoms with E-state index in [0.29, 0.717) is 19.1 Å². The van der Waals surface area contributed by atoms with Gasteiger partial charge in [0.2, 0.25) is 0 Å². The van der Waals surface area contributed by atoms with Gasteiger partial charge in [-0.15, -0.1) is 0 Å². The number of ether oxygens (including phenoxy) is 1. The van der Waals surface area contributed by atoms with E-state index in [0.717, 1.165) is 5.69 Å². The van der Waals surface area contributed by atoms with Crippen LogP contribution < -0.4 is 4.90 Å². The number of carbonyl (C=O) groups is 1. The van der Waals surface area contributed by atoms with Gasteiger partial charge in [-0.2, -0.15) is 0 Å². The number of rotatable bonds is 7. The van der Waals surface area contributed by atoms with Gasteiger partial charge >= 0.3 is 5.97 Å². The molecule has 1 aromatic rings. The molecule has 0 aromatic heterocycles. The minimum Gasteiger partial charge on any atom is -0.464 e. The van der Waals surface area contributed by atoms with Gasteiger partial charge in [-0.05, 0) is 18.1 Å². The zero-order chi connectivity index (χ0) is 13.4. The molecule has 1 rings (SSSR count). The summed E-state index contributed by atoms with van der Waals surface area (Å²) >= 11 is 0. The first-order valence-corrected chi connectivity index (χ1v) is 6.20. The zero-order valence-corrected chi connectivity index (χ0v) is 11.0. The van der Waals surface area contributed by atoms with Crippen LogP contribution in [-0.2, 0) is 9.53 Å². The Labute approximate surface area is 108 Å². The van der Waals surface area contributed by atoms with Crippen LogP contribution in [0.5, 0.6) is 0 Å². The van der Waals surface area contributed by atoms with Gasteiger partial charge in [-0.1, -0.05) is 32.0 Å². The summed E-state index contributed by atoms with van der Waals surface area (Å²) in [5.41, 5.74) is 0.910. The molecule has 0 aliphatic heterocycles. The Morgan fingerprint density at radius 2 is 2.00 bits per heavy atom. The van der Waals surface area contributed by atoms with Crippen molar-refractivity contribution in [3.05, 3.63) is 30.3 Å². The first-order chi connectivity index (χ1) is 8.63. The summed E-state index contributed by atoms with van der Waals surface area (Å²) in [4.78, 5) is 13.5. The summed E-state index contributed by atoms with van der Waals surface area (Å²) in [5.74, 6) is 0.0676. The number of hydrogen-bond donors (Lipinski definition) is 1. The number of aliphatic hydroxyl groups is 1. The molecule has 0 aliphatic rings. The smallest absolute Gasteiger partial charge is 0.325 e. The van der Waals surface area contributed by atoms with Crippen LogP contribution in [0.25, 0.3) is 0 Å². The normalized spacial score (nSPS) is 10.4. The van der Waals surface area contributed by atoms with Crippen LogP contribution in [-0.4, -0.2) is 37.4 Å². The van der Waals surface area contributed by atoms with Gasteiger partial charge in [0.1, 0.15) is 6.54 Å². The minimum absolute atomic E-state index is 0.00630. The SMILES string of the molecule is CC(C)COC(=O)CN(CCO)c1ccccc1. The molecule has 4 heteroatoms. The Bertz CT molecular complexity index is 351. The van der Waals surface area contributed by atoms with Crippen LogP contribution in [0, 0.1) is 5.92 Å². The standard InChI is InChI=1S/C14H21NO3/c1-12(2)11-18-14(17)10-15(8-9-16)13-6-4-3-5-7-13/h3-7,12,16H,8-11H2,1-2H3. The van der Waals surface area contributed by atoms with Crippen LogP contribution in [0.1, 0.15) is 13.8 Å². The lowest BCUT2D eigenvalue weighted by atomic mass is 10.2. The van der Waals surface area contributed by atoms with Crippen molar-refractivity contribution in [2.24, 2.45) is 5.92 Å². The maximum Gasteiger partial charge on any atom is 0.325 e. The number of anilines is 1. The Hall–Kier alpha value is -1.55. The Morgan fingerprint density at radius 1 is 1.33 bits per heavy atom. The summed E-state index contributed by atoms with van der Waals surface area (Å²) < 4.78 is 5.14. The van der Waals surface area contributed by atoms with Crippen LogP contribution in [0.15, 0.2) is 30.3 Å². The van der Waals surface area contributed by atoms with Crippen molar-refractivity contribution in [3.8, 4) is 0 Å². The van der Waals surface area contributed by atoms with Gasteiger partial charge in [-0.3, -0.25) is 4.79 Å². The molecule has 1 N–H and O–H groups in total. The molecular formula is C14H21NO3. The molecule has 4 nitrogen and oxygen atoms in total. The number of aliphatic hydroxyl groups excluding tert-OH is 1. The van der Waals surface area contributed by atoms with E-state index in [1.165, 1.54) is 0 Å². The molecule has 0 amide bonds. The number of nitrogens with zero attached hydrogens (tertiary/aromatic N) is 1. The average Bonchev–Trinajstić information content (AvgIpc) is 2.37. The van der Waals surface area contributed by atoms with Crippen molar-refractivity contribution < 1.29 is 14.6 Å². The highest BCUT2D eigenvalue weighted by Gasteiger charge is 2.12. The van der Waals surface area contributed by atoms with E-state index >= 15 is 0 Å². The van der Waals surface area contributed by atoms with E-state index in [4.69, 9.17) is 9.84 Å². The van der Waals surface area contributed by atoms with Crippen LogP contribution in [0.4, 0.5) is 5.69 Å². The van der Waals surface area contributed by atoms with Crippen LogP contribution in [0.3, 0.4) is 0 Å². The van der Waals surface area contributed by atoms with E-state index in [9.17, 15) is 4.79 Å². The zero-order valence-electron chi connectivity index (χ0n) is 11.0. The first-order valence-electron chi connectivity index (χ1n) is 6.20. The summed E-state index contributed by atoms with van der Waals surface area (Å²) in [6.45, 7) is 5.01. The predicted molar refractivity (Wildman–Crippen MR) is 71.5 cm³/mol. The van der Waals surface area contributed by atoms with E-state index in [2.05, 4.69) is 0 Å². The molecule has 0 saturated carbocycles. The van der Waals surface area contributed by atoms with Gasteiger partial charge in [-0.25, -0.2) is 0 Å². The molecule has 18 heavy (non-hydrogen) atoms.